The van der Waals surface area contributed by atoms with Crippen LogP contribution in [0.15, 0.2) is 77.9 Å². The third-order valence-electron chi connectivity index (χ3n) is 5.91. The topological polar surface area (TPSA) is 68.0 Å². The van der Waals surface area contributed by atoms with Crippen molar-refractivity contribution in [3.8, 4) is 17.2 Å². The summed E-state index contributed by atoms with van der Waals surface area (Å²) >= 11 is 0. The number of nitrogens with one attached hydrogen (secondary N) is 1. The Hall–Kier alpha value is -4.11. The predicted octanol–water partition coefficient (Wildman–Crippen LogP) is 7.19. The van der Waals surface area contributed by atoms with Crippen molar-refractivity contribution in [1.29, 1.82) is 10.7 Å². The molecule has 0 aliphatic rings. The maximum Gasteiger partial charge on any atom is 0.259 e. The van der Waals surface area contributed by atoms with Gasteiger partial charge in [0.15, 0.2) is 0 Å². The van der Waals surface area contributed by atoms with E-state index in [9.17, 15) is 10.1 Å². The average Bonchev–Trinajstić information content (AvgIpc) is 2.87. The second kappa shape index (κ2) is 11.8. The zero-order valence-electron chi connectivity index (χ0n) is 19.8. The first kappa shape index (κ1) is 25.5. The second-order valence-electron chi connectivity index (χ2n) is 8.25. The molecular weight excluding hydrogens is 444 g/mol. The monoisotopic (exact) mass is 471 g/mol. The summed E-state index contributed by atoms with van der Waals surface area (Å²) in [7, 11) is 0. The Labute approximate surface area is 204 Å². The summed E-state index contributed by atoms with van der Waals surface area (Å²) in [4.78, 5) is 14.7. The number of halogens is 2. The van der Waals surface area contributed by atoms with Crippen molar-refractivity contribution in [2.45, 2.75) is 39.5 Å². The van der Waals surface area contributed by atoms with Gasteiger partial charge in [-0.2, -0.15) is 5.26 Å². The molecule has 4 nitrogen and oxygen atoms in total. The van der Waals surface area contributed by atoms with E-state index in [1.165, 1.54) is 17.0 Å². The van der Waals surface area contributed by atoms with Crippen LogP contribution in [0.5, 0.6) is 0 Å². The lowest BCUT2D eigenvalue weighted by Gasteiger charge is -2.21. The van der Waals surface area contributed by atoms with E-state index in [-0.39, 0.29) is 23.1 Å². The molecule has 0 spiro atoms. The molecule has 0 radical (unpaired) electrons. The van der Waals surface area contributed by atoms with Crippen molar-refractivity contribution in [3.63, 3.8) is 0 Å². The molecule has 6 heteroatoms. The van der Waals surface area contributed by atoms with Gasteiger partial charge in [-0.05, 0) is 61.2 Å². The molecule has 0 aromatic heterocycles. The molecule has 1 N–H and O–H groups in total. The maximum atomic E-state index is 15.3. The van der Waals surface area contributed by atoms with E-state index in [4.69, 9.17) is 5.41 Å². The zero-order valence-corrected chi connectivity index (χ0v) is 19.8. The van der Waals surface area contributed by atoms with Crippen molar-refractivity contribution in [2.24, 2.45) is 0 Å². The molecule has 0 heterocycles. The van der Waals surface area contributed by atoms with Crippen molar-refractivity contribution in [3.05, 3.63) is 101 Å². The quantitative estimate of drug-likeness (QED) is 0.204. The molecule has 3 aromatic rings. The fourth-order valence-electron chi connectivity index (χ4n) is 3.92. The van der Waals surface area contributed by atoms with Gasteiger partial charge in [0.2, 0.25) is 0 Å². The molecule has 0 aliphatic heterocycles. The number of carbonyl (C=O) groups excluding carboxylic acids is 1. The Bertz CT molecular complexity index is 1270. The third-order valence-corrected chi connectivity index (χ3v) is 5.91. The number of allylic oxidation sites excluding steroid dienone is 1. The first-order chi connectivity index (χ1) is 16.9. The lowest BCUT2D eigenvalue weighted by atomic mass is 9.93. The zero-order chi connectivity index (χ0) is 25.4. The molecule has 0 fully saturated rings. The molecule has 1 amide bonds. The number of hydrogen-bond acceptors (Lipinski definition) is 3. The van der Waals surface area contributed by atoms with Gasteiger partial charge in [0.25, 0.3) is 5.91 Å². The van der Waals surface area contributed by atoms with Crippen LogP contribution in [-0.4, -0.2) is 12.2 Å². The summed E-state index contributed by atoms with van der Waals surface area (Å²) in [5.41, 5.74) is 2.27. The molecule has 0 bridgehead atoms. The molecule has 35 heavy (non-hydrogen) atoms. The van der Waals surface area contributed by atoms with Crippen LogP contribution in [0.4, 0.5) is 14.5 Å². The summed E-state index contributed by atoms with van der Waals surface area (Å²) in [6.07, 6.45) is 3.01. The van der Waals surface area contributed by atoms with Crippen molar-refractivity contribution >= 4 is 17.9 Å². The summed E-state index contributed by atoms with van der Waals surface area (Å²) in [6.45, 7) is 3.82. The largest absolute Gasteiger partial charge is 0.291 e. The fraction of sp³-hybridized carbons (Fsp3) is 0.207. The van der Waals surface area contributed by atoms with E-state index in [0.717, 1.165) is 24.8 Å². The second-order valence-corrected chi connectivity index (χ2v) is 8.25. The Morgan fingerprint density at radius 1 is 1.06 bits per heavy atom. The molecule has 0 unspecified atom stereocenters. The van der Waals surface area contributed by atoms with E-state index < -0.39 is 17.5 Å². The normalized spacial score (nSPS) is 11.4. The third kappa shape index (κ3) is 5.88. The van der Waals surface area contributed by atoms with Crippen LogP contribution < -0.4 is 4.90 Å². The smallest absolute Gasteiger partial charge is 0.259 e. The highest BCUT2D eigenvalue weighted by Crippen LogP contribution is 2.30. The van der Waals surface area contributed by atoms with Gasteiger partial charge in [0.1, 0.15) is 11.6 Å². The minimum atomic E-state index is -0.789. The van der Waals surface area contributed by atoms with Crippen LogP contribution in [0.2, 0.25) is 0 Å². The minimum Gasteiger partial charge on any atom is -0.291 e. The average molecular weight is 472 g/mol. The Morgan fingerprint density at radius 3 is 2.29 bits per heavy atom. The number of benzene rings is 3. The first-order valence-electron chi connectivity index (χ1n) is 11.5. The van der Waals surface area contributed by atoms with Crippen LogP contribution in [-0.2, 0) is 11.2 Å². The molecule has 3 rings (SSSR count). The van der Waals surface area contributed by atoms with Crippen molar-refractivity contribution < 1.29 is 13.6 Å². The molecule has 0 saturated carbocycles. The number of nitrogens with zero attached hydrogens (tertiary/aromatic N) is 2. The number of nitriles is 1. The van der Waals surface area contributed by atoms with Crippen LogP contribution in [0.25, 0.3) is 11.1 Å². The number of anilines is 1. The number of hydrogen-bond donors (Lipinski definition) is 1. The number of carbonyl (C=O) groups is 1. The molecule has 0 atom stereocenters. The highest BCUT2D eigenvalue weighted by molar-refractivity contribution is 6.16. The lowest BCUT2D eigenvalue weighted by molar-refractivity contribution is -0.114. The van der Waals surface area contributed by atoms with E-state index in [1.54, 1.807) is 61.5 Å². The molecule has 178 valence electrons. The van der Waals surface area contributed by atoms with Crippen LogP contribution in [0.1, 0.15) is 44.2 Å². The van der Waals surface area contributed by atoms with Crippen LogP contribution >= 0.6 is 0 Å². The summed E-state index contributed by atoms with van der Waals surface area (Å²) in [5.74, 6) is -2.07. The van der Waals surface area contributed by atoms with E-state index in [0.29, 0.717) is 23.2 Å². The van der Waals surface area contributed by atoms with E-state index >= 15 is 8.78 Å². The molecule has 3 aromatic carbocycles. The number of rotatable bonds is 9. The van der Waals surface area contributed by atoms with Crippen molar-refractivity contribution in [2.75, 3.05) is 4.90 Å². The maximum absolute atomic E-state index is 15.3. The van der Waals surface area contributed by atoms with Gasteiger partial charge in [-0.15, -0.1) is 0 Å². The summed E-state index contributed by atoms with van der Waals surface area (Å²) < 4.78 is 30.5. The standard InChI is InChI=1S/C29H27F2N3O/c1-3-4-10-20(2)25(29(35)34(19-33)23-12-6-5-7-13-23)17-26-27(30)15-22(16-28(26)31)24-14-9-8-11-21(24)18-32/h5-9,11-16,19,33H,3-4,10,17H2,1-2H3/b25-20+,33-19?. The minimum absolute atomic E-state index is 0.222. The van der Waals surface area contributed by atoms with Gasteiger partial charge in [-0.3, -0.25) is 15.1 Å². The van der Waals surface area contributed by atoms with E-state index in [1.807, 2.05) is 13.0 Å². The van der Waals surface area contributed by atoms with Crippen LogP contribution in [0, 0.1) is 28.4 Å². The summed E-state index contributed by atoms with van der Waals surface area (Å²) in [5, 5.41) is 17.2. The van der Waals surface area contributed by atoms with Gasteiger partial charge in [0, 0.05) is 17.6 Å². The molecule has 0 saturated heterocycles. The SMILES string of the molecule is CCCC/C(C)=C(\Cc1c(F)cc(-c2ccccc2C#N)cc1F)C(=O)N(C=N)c1ccccc1. The molecular formula is C29H27F2N3O. The lowest BCUT2D eigenvalue weighted by Crippen LogP contribution is -2.32. The molecule has 0 aliphatic carbocycles. The Kier molecular flexibility index (Phi) is 8.63. The van der Waals surface area contributed by atoms with Gasteiger partial charge >= 0.3 is 0 Å². The van der Waals surface area contributed by atoms with E-state index in [2.05, 4.69) is 0 Å². The number of unbranched alkanes of at least 4 members (excludes halogenated alkanes) is 1. The highest BCUT2D eigenvalue weighted by Gasteiger charge is 2.24. The van der Waals surface area contributed by atoms with Gasteiger partial charge in [-0.1, -0.05) is 55.3 Å². The van der Waals surface area contributed by atoms with Gasteiger partial charge < -0.3 is 0 Å². The van der Waals surface area contributed by atoms with Crippen LogP contribution in [0.3, 0.4) is 0 Å². The first-order valence-corrected chi connectivity index (χ1v) is 11.5. The number of para-hydroxylation sites is 1. The fourth-order valence-corrected chi connectivity index (χ4v) is 3.92. The van der Waals surface area contributed by atoms with Crippen molar-refractivity contribution in [1.82, 2.24) is 0 Å². The van der Waals surface area contributed by atoms with Gasteiger partial charge in [0.05, 0.1) is 23.7 Å². The Morgan fingerprint density at radius 2 is 1.69 bits per heavy atom. The number of amides is 1. The Balaban J connectivity index is 2.04. The van der Waals surface area contributed by atoms with Gasteiger partial charge in [-0.25, -0.2) is 8.78 Å². The predicted molar refractivity (Wildman–Crippen MR) is 135 cm³/mol. The summed E-state index contributed by atoms with van der Waals surface area (Å²) in [6, 6.07) is 19.8. The highest BCUT2D eigenvalue weighted by atomic mass is 19.1.